The van der Waals surface area contributed by atoms with Gasteiger partial charge in [0, 0.05) is 0 Å². The summed E-state index contributed by atoms with van der Waals surface area (Å²) in [5.74, 6) is -0.131. The molecule has 24 heavy (non-hydrogen) atoms. The van der Waals surface area contributed by atoms with Crippen molar-refractivity contribution in [3.8, 4) is 5.75 Å². The molecule has 0 radical (unpaired) electrons. The molecule has 0 fully saturated rings. The van der Waals surface area contributed by atoms with Crippen molar-refractivity contribution in [2.75, 3.05) is 39.2 Å². The van der Waals surface area contributed by atoms with E-state index in [1.54, 1.807) is 13.2 Å². The molecule has 0 aliphatic rings. The monoisotopic (exact) mass is 334 g/mol. The maximum Gasteiger partial charge on any atom is 0.356 e. The number of hydrogen-bond donors (Lipinski definition) is 3. The topological polar surface area (TPSA) is 84.9 Å². The maximum atomic E-state index is 12.4. The number of esters is 1. The Bertz CT molecular complexity index is 735. The first kappa shape index (κ1) is 17.8. The van der Waals surface area contributed by atoms with E-state index in [1.165, 1.54) is 7.11 Å². The zero-order valence-corrected chi connectivity index (χ0v) is 14.5. The number of H-pyrrole nitrogens is 1. The summed E-state index contributed by atoms with van der Waals surface area (Å²) in [7, 11) is 2.85. The Morgan fingerprint density at radius 1 is 1.21 bits per heavy atom. The summed E-state index contributed by atoms with van der Waals surface area (Å²) in [6, 6.07) is 5.41. The van der Waals surface area contributed by atoms with Crippen LogP contribution in [0.15, 0.2) is 18.2 Å². The SMILES string of the molecule is CC[NH+](CC)CC(=O)Nc1c(C(=O)OC)[nH]c2cccc(OC)c12. The van der Waals surface area contributed by atoms with Crippen LogP contribution < -0.4 is 15.0 Å². The van der Waals surface area contributed by atoms with Crippen LogP contribution in [0.3, 0.4) is 0 Å². The molecule has 3 N–H and O–H groups in total. The Hall–Kier alpha value is -2.54. The Morgan fingerprint density at radius 2 is 1.92 bits per heavy atom. The van der Waals surface area contributed by atoms with Crippen molar-refractivity contribution in [3.05, 3.63) is 23.9 Å². The first-order valence-electron chi connectivity index (χ1n) is 7.96. The van der Waals surface area contributed by atoms with Crippen molar-refractivity contribution in [1.29, 1.82) is 0 Å². The number of amides is 1. The molecule has 1 aromatic carbocycles. The molecule has 1 amide bonds. The number of benzene rings is 1. The second kappa shape index (κ2) is 7.83. The Morgan fingerprint density at radius 3 is 2.50 bits per heavy atom. The molecule has 0 unspecified atom stereocenters. The van der Waals surface area contributed by atoms with Gasteiger partial charge in [-0.25, -0.2) is 4.79 Å². The van der Waals surface area contributed by atoms with E-state index in [0.29, 0.717) is 28.9 Å². The van der Waals surface area contributed by atoms with Crippen LogP contribution in [0.1, 0.15) is 24.3 Å². The number of ether oxygens (including phenoxy) is 2. The van der Waals surface area contributed by atoms with Crippen LogP contribution in [-0.2, 0) is 9.53 Å². The van der Waals surface area contributed by atoms with Crippen LogP contribution in [0.2, 0.25) is 0 Å². The van der Waals surface area contributed by atoms with Crippen LogP contribution in [0, 0.1) is 0 Å². The lowest BCUT2D eigenvalue weighted by Gasteiger charge is -2.15. The molecule has 130 valence electrons. The minimum Gasteiger partial charge on any atom is -0.496 e. The molecule has 2 aromatic rings. The normalized spacial score (nSPS) is 10.9. The van der Waals surface area contributed by atoms with E-state index in [9.17, 15) is 9.59 Å². The largest absolute Gasteiger partial charge is 0.496 e. The second-order valence-electron chi connectivity index (χ2n) is 5.43. The Kier molecular flexibility index (Phi) is 5.81. The van der Waals surface area contributed by atoms with Crippen molar-refractivity contribution in [2.45, 2.75) is 13.8 Å². The van der Waals surface area contributed by atoms with E-state index in [-0.39, 0.29) is 11.6 Å². The van der Waals surface area contributed by atoms with Gasteiger partial charge in [0.25, 0.3) is 5.91 Å². The molecule has 1 heterocycles. The first-order chi connectivity index (χ1) is 11.5. The summed E-state index contributed by atoms with van der Waals surface area (Å²) in [5.41, 5.74) is 1.30. The van der Waals surface area contributed by atoms with Gasteiger partial charge in [0.2, 0.25) is 0 Å². The van der Waals surface area contributed by atoms with Gasteiger partial charge in [-0.15, -0.1) is 0 Å². The number of aromatic amines is 1. The summed E-state index contributed by atoms with van der Waals surface area (Å²) in [4.78, 5) is 28.6. The lowest BCUT2D eigenvalue weighted by atomic mass is 10.2. The molecule has 0 bridgehead atoms. The molecule has 2 rings (SSSR count). The molecule has 0 atom stereocenters. The van der Waals surface area contributed by atoms with Crippen molar-refractivity contribution < 1.29 is 24.0 Å². The highest BCUT2D eigenvalue weighted by atomic mass is 16.5. The number of carbonyl (C=O) groups is 2. The van der Waals surface area contributed by atoms with E-state index in [0.717, 1.165) is 18.0 Å². The number of hydrogen-bond acceptors (Lipinski definition) is 4. The molecule has 7 nitrogen and oxygen atoms in total. The molecule has 0 saturated carbocycles. The number of quaternary nitrogens is 1. The molecular formula is C17H24N3O4+. The van der Waals surface area contributed by atoms with Crippen molar-refractivity contribution in [2.24, 2.45) is 0 Å². The van der Waals surface area contributed by atoms with Gasteiger partial charge >= 0.3 is 5.97 Å². The Labute approximate surface area is 140 Å². The standard InChI is InChI=1S/C17H23N3O4/c1-5-20(6-2)10-13(21)19-15-14-11(8-7-9-12(14)23-3)18-16(15)17(22)24-4/h7-9,18H,5-6,10H2,1-4H3,(H,19,21)/p+1. The number of likely N-dealkylation sites (N-methyl/N-ethyl adjacent to an activating group) is 1. The summed E-state index contributed by atoms with van der Waals surface area (Å²) < 4.78 is 10.2. The number of carbonyl (C=O) groups excluding carboxylic acids is 2. The predicted molar refractivity (Wildman–Crippen MR) is 91.7 cm³/mol. The Balaban J connectivity index is 2.45. The number of rotatable bonds is 7. The number of anilines is 1. The maximum absolute atomic E-state index is 12.4. The molecular weight excluding hydrogens is 310 g/mol. The number of nitrogens with one attached hydrogen (secondary N) is 3. The van der Waals surface area contributed by atoms with Crippen LogP contribution >= 0.6 is 0 Å². The molecule has 1 aromatic heterocycles. The highest BCUT2D eigenvalue weighted by molar-refractivity contribution is 6.13. The third kappa shape index (κ3) is 3.51. The summed E-state index contributed by atoms with van der Waals surface area (Å²) >= 11 is 0. The fourth-order valence-corrected chi connectivity index (χ4v) is 2.68. The van der Waals surface area contributed by atoms with Gasteiger partial charge in [0.1, 0.15) is 11.4 Å². The van der Waals surface area contributed by atoms with Crippen molar-refractivity contribution in [1.82, 2.24) is 4.98 Å². The summed E-state index contributed by atoms with van der Waals surface area (Å²) in [5, 5.41) is 3.51. The fraction of sp³-hybridized carbons (Fsp3) is 0.412. The molecule has 0 aliphatic heterocycles. The average molecular weight is 334 g/mol. The third-order valence-electron chi connectivity index (χ3n) is 4.07. The van der Waals surface area contributed by atoms with Gasteiger partial charge in [-0.05, 0) is 26.0 Å². The zero-order valence-electron chi connectivity index (χ0n) is 14.5. The van der Waals surface area contributed by atoms with Crippen LogP contribution in [-0.4, -0.2) is 50.7 Å². The second-order valence-corrected chi connectivity index (χ2v) is 5.43. The highest BCUT2D eigenvalue weighted by Crippen LogP contribution is 2.35. The molecule has 7 heteroatoms. The van der Waals surface area contributed by atoms with Gasteiger partial charge in [-0.1, -0.05) is 6.07 Å². The average Bonchev–Trinajstić information content (AvgIpc) is 2.97. The quantitative estimate of drug-likeness (QED) is 0.655. The predicted octanol–water partition coefficient (Wildman–Crippen LogP) is 0.826. The molecule has 0 aliphatic carbocycles. The van der Waals surface area contributed by atoms with Crippen molar-refractivity contribution >= 4 is 28.5 Å². The zero-order chi connectivity index (χ0) is 17.7. The minimum absolute atomic E-state index is 0.161. The van der Waals surface area contributed by atoms with Gasteiger partial charge < -0.3 is 24.7 Å². The lowest BCUT2D eigenvalue weighted by molar-refractivity contribution is -0.888. The third-order valence-corrected chi connectivity index (χ3v) is 4.07. The van der Waals surface area contributed by atoms with E-state index in [1.807, 2.05) is 26.0 Å². The van der Waals surface area contributed by atoms with Gasteiger partial charge in [-0.2, -0.15) is 0 Å². The number of fused-ring (bicyclic) bond motifs is 1. The summed E-state index contributed by atoms with van der Waals surface area (Å²) in [6.45, 7) is 6.09. The van der Waals surface area contributed by atoms with Crippen molar-refractivity contribution in [3.63, 3.8) is 0 Å². The minimum atomic E-state index is -0.543. The van der Waals surface area contributed by atoms with Crippen LogP contribution in [0.4, 0.5) is 5.69 Å². The van der Waals surface area contributed by atoms with Gasteiger partial charge in [0.05, 0.1) is 43.9 Å². The van der Waals surface area contributed by atoms with Gasteiger partial charge in [0.15, 0.2) is 6.54 Å². The fourth-order valence-electron chi connectivity index (χ4n) is 2.68. The smallest absolute Gasteiger partial charge is 0.356 e. The first-order valence-corrected chi connectivity index (χ1v) is 7.96. The van der Waals surface area contributed by atoms with E-state index < -0.39 is 5.97 Å². The van der Waals surface area contributed by atoms with Crippen LogP contribution in [0.25, 0.3) is 10.9 Å². The van der Waals surface area contributed by atoms with E-state index in [2.05, 4.69) is 10.3 Å². The van der Waals surface area contributed by atoms with E-state index in [4.69, 9.17) is 9.47 Å². The molecule has 0 spiro atoms. The van der Waals surface area contributed by atoms with Gasteiger partial charge in [-0.3, -0.25) is 4.79 Å². The summed E-state index contributed by atoms with van der Waals surface area (Å²) in [6.07, 6.45) is 0. The highest BCUT2D eigenvalue weighted by Gasteiger charge is 2.23. The number of aromatic nitrogens is 1. The number of methoxy groups -OCH3 is 2. The van der Waals surface area contributed by atoms with E-state index >= 15 is 0 Å². The van der Waals surface area contributed by atoms with Crippen LogP contribution in [0.5, 0.6) is 5.75 Å². The lowest BCUT2D eigenvalue weighted by Crippen LogP contribution is -3.12. The molecule has 0 saturated heterocycles.